The molecule has 0 spiro atoms. The third kappa shape index (κ3) is 3.76. The van der Waals surface area contributed by atoms with Gasteiger partial charge in [0.1, 0.15) is 5.78 Å². The second-order valence-corrected chi connectivity index (χ2v) is 7.57. The zero-order valence-electron chi connectivity index (χ0n) is 16.1. The SMILES string of the molecule is CC(=O)CC(=O)C(Cc1cc2c(cc1Cl)OCO2)n1ccc2ccc(C(=O)O)cc21. The molecule has 0 amide bonds. The smallest absolute Gasteiger partial charge is 0.335 e. The molecule has 1 aliphatic rings. The minimum absolute atomic E-state index is 0.0992. The van der Waals surface area contributed by atoms with Crippen molar-refractivity contribution in [2.24, 2.45) is 0 Å². The van der Waals surface area contributed by atoms with E-state index in [0.717, 1.165) is 5.39 Å². The summed E-state index contributed by atoms with van der Waals surface area (Å²) in [7, 11) is 0. The molecule has 1 aliphatic heterocycles. The maximum atomic E-state index is 13.0. The van der Waals surface area contributed by atoms with Crippen molar-refractivity contribution in [3.05, 3.63) is 58.7 Å². The molecule has 1 atom stereocenters. The van der Waals surface area contributed by atoms with Crippen LogP contribution in [0.15, 0.2) is 42.6 Å². The van der Waals surface area contributed by atoms with Crippen LogP contribution in [-0.2, 0) is 16.0 Å². The molecular formula is C22H18ClNO6. The number of Topliss-reactive ketones (excluding diaryl/α,β-unsaturated/α-hetero) is 2. The lowest BCUT2D eigenvalue weighted by Gasteiger charge is -2.20. The average molecular weight is 428 g/mol. The number of carbonyl (C=O) groups excluding carboxylic acids is 2. The number of carboxylic acids is 1. The van der Waals surface area contributed by atoms with Crippen LogP contribution in [0.5, 0.6) is 11.5 Å². The number of benzene rings is 2. The molecular weight excluding hydrogens is 410 g/mol. The van der Waals surface area contributed by atoms with Gasteiger partial charge in [0.2, 0.25) is 6.79 Å². The number of halogens is 1. The summed E-state index contributed by atoms with van der Waals surface area (Å²) in [6, 6.07) is 9.15. The number of carboxylic acid groups (broad SMARTS) is 1. The minimum Gasteiger partial charge on any atom is -0.478 e. The van der Waals surface area contributed by atoms with Crippen molar-refractivity contribution in [3.8, 4) is 11.5 Å². The van der Waals surface area contributed by atoms with Gasteiger partial charge in [-0.25, -0.2) is 4.79 Å². The molecule has 1 N–H and O–H groups in total. The molecule has 2 heterocycles. The molecule has 0 bridgehead atoms. The zero-order chi connectivity index (χ0) is 21.4. The summed E-state index contributed by atoms with van der Waals surface area (Å²) >= 11 is 6.41. The number of aromatic nitrogens is 1. The maximum Gasteiger partial charge on any atom is 0.335 e. The van der Waals surface area contributed by atoms with Gasteiger partial charge in [0.05, 0.1) is 18.0 Å². The van der Waals surface area contributed by atoms with Crippen LogP contribution in [0.3, 0.4) is 0 Å². The molecule has 2 aromatic carbocycles. The fourth-order valence-corrected chi connectivity index (χ4v) is 3.84. The monoisotopic (exact) mass is 427 g/mol. The first-order valence-electron chi connectivity index (χ1n) is 9.27. The summed E-state index contributed by atoms with van der Waals surface area (Å²) in [4.78, 5) is 36.1. The van der Waals surface area contributed by atoms with Gasteiger partial charge in [0.15, 0.2) is 17.3 Å². The number of ether oxygens (including phenoxy) is 2. The van der Waals surface area contributed by atoms with Gasteiger partial charge >= 0.3 is 5.97 Å². The van der Waals surface area contributed by atoms with Crippen LogP contribution < -0.4 is 9.47 Å². The summed E-state index contributed by atoms with van der Waals surface area (Å²) in [5.74, 6) is -0.514. The minimum atomic E-state index is -1.06. The van der Waals surface area contributed by atoms with E-state index in [4.69, 9.17) is 21.1 Å². The van der Waals surface area contributed by atoms with Crippen LogP contribution >= 0.6 is 11.6 Å². The lowest BCUT2D eigenvalue weighted by atomic mass is 9.98. The maximum absolute atomic E-state index is 13.0. The van der Waals surface area contributed by atoms with Gasteiger partial charge in [-0.2, -0.15) is 0 Å². The fraction of sp³-hybridized carbons (Fsp3) is 0.227. The second kappa shape index (κ2) is 7.84. The molecule has 3 aromatic rings. The summed E-state index contributed by atoms with van der Waals surface area (Å²) in [5.41, 5.74) is 1.37. The summed E-state index contributed by atoms with van der Waals surface area (Å²) < 4.78 is 12.4. The lowest BCUT2D eigenvalue weighted by Crippen LogP contribution is -2.23. The summed E-state index contributed by atoms with van der Waals surface area (Å²) in [5, 5.41) is 10.5. The Morgan fingerprint density at radius 1 is 1.13 bits per heavy atom. The molecule has 0 radical (unpaired) electrons. The Morgan fingerprint density at radius 2 is 1.87 bits per heavy atom. The van der Waals surface area contributed by atoms with E-state index in [9.17, 15) is 19.5 Å². The summed E-state index contributed by atoms with van der Waals surface area (Å²) in [6.07, 6.45) is 1.70. The van der Waals surface area contributed by atoms with E-state index in [0.29, 0.717) is 27.6 Å². The number of ketones is 2. The molecule has 1 unspecified atom stereocenters. The van der Waals surface area contributed by atoms with Gasteiger partial charge in [0, 0.05) is 29.2 Å². The molecule has 0 fully saturated rings. The molecule has 4 rings (SSSR count). The highest BCUT2D eigenvalue weighted by Crippen LogP contribution is 2.38. The quantitative estimate of drug-likeness (QED) is 0.571. The van der Waals surface area contributed by atoms with Crippen molar-refractivity contribution >= 4 is 40.0 Å². The van der Waals surface area contributed by atoms with E-state index in [1.165, 1.54) is 19.1 Å². The van der Waals surface area contributed by atoms with Gasteiger partial charge in [0.25, 0.3) is 0 Å². The Labute approximate surface area is 176 Å². The highest BCUT2D eigenvalue weighted by Gasteiger charge is 2.26. The Balaban J connectivity index is 1.79. The molecule has 154 valence electrons. The van der Waals surface area contributed by atoms with Crippen molar-refractivity contribution in [1.82, 2.24) is 4.57 Å². The number of aromatic carboxylic acids is 1. The zero-order valence-corrected chi connectivity index (χ0v) is 16.8. The standard InChI is InChI=1S/C22H18ClNO6/c1-12(25)6-19(26)18(8-15-9-20-21(10-16(15)23)30-11-29-20)24-5-4-13-2-3-14(22(27)28)7-17(13)24/h2-5,7,9-10,18H,6,8,11H2,1H3,(H,27,28). The Bertz CT molecular complexity index is 1180. The van der Waals surface area contributed by atoms with Crippen molar-refractivity contribution in [1.29, 1.82) is 0 Å². The van der Waals surface area contributed by atoms with E-state index in [1.54, 1.807) is 35.0 Å². The third-order valence-electron chi connectivity index (χ3n) is 5.06. The van der Waals surface area contributed by atoms with Crippen LogP contribution in [0.4, 0.5) is 0 Å². The number of hydrogen-bond acceptors (Lipinski definition) is 5. The number of rotatable bonds is 7. The Kier molecular flexibility index (Phi) is 5.22. The molecule has 0 aliphatic carbocycles. The first-order chi connectivity index (χ1) is 14.3. The van der Waals surface area contributed by atoms with Gasteiger partial charge in [-0.3, -0.25) is 9.59 Å². The first-order valence-corrected chi connectivity index (χ1v) is 9.65. The lowest BCUT2D eigenvalue weighted by molar-refractivity contribution is -0.127. The van der Waals surface area contributed by atoms with Crippen LogP contribution in [0.1, 0.15) is 35.3 Å². The highest BCUT2D eigenvalue weighted by atomic mass is 35.5. The molecule has 0 saturated heterocycles. The largest absolute Gasteiger partial charge is 0.478 e. The number of fused-ring (bicyclic) bond motifs is 2. The van der Waals surface area contributed by atoms with Crippen molar-refractivity contribution < 1.29 is 29.0 Å². The van der Waals surface area contributed by atoms with E-state index in [2.05, 4.69) is 0 Å². The number of nitrogens with zero attached hydrogens (tertiary/aromatic N) is 1. The van der Waals surface area contributed by atoms with Crippen LogP contribution in [0.2, 0.25) is 5.02 Å². The van der Waals surface area contributed by atoms with Gasteiger partial charge in [-0.1, -0.05) is 17.7 Å². The van der Waals surface area contributed by atoms with Gasteiger partial charge in [-0.05, 0) is 42.1 Å². The van der Waals surface area contributed by atoms with Crippen molar-refractivity contribution in [2.45, 2.75) is 25.8 Å². The van der Waals surface area contributed by atoms with Crippen LogP contribution in [0.25, 0.3) is 10.9 Å². The molecule has 8 heteroatoms. The van der Waals surface area contributed by atoms with E-state index < -0.39 is 12.0 Å². The van der Waals surface area contributed by atoms with Gasteiger partial charge in [-0.15, -0.1) is 0 Å². The predicted octanol–water partition coefficient (Wildman–Crippen LogP) is 4.05. The second-order valence-electron chi connectivity index (χ2n) is 7.16. The highest BCUT2D eigenvalue weighted by molar-refractivity contribution is 6.31. The topological polar surface area (TPSA) is 94.8 Å². The average Bonchev–Trinajstić information content (AvgIpc) is 3.31. The number of carbonyl (C=O) groups is 3. The van der Waals surface area contributed by atoms with Gasteiger partial charge < -0.3 is 19.1 Å². The summed E-state index contributed by atoms with van der Waals surface area (Å²) in [6.45, 7) is 1.46. The molecule has 1 aromatic heterocycles. The van der Waals surface area contributed by atoms with E-state index >= 15 is 0 Å². The normalized spacial score (nSPS) is 13.4. The predicted molar refractivity (Wildman–Crippen MR) is 110 cm³/mol. The fourth-order valence-electron chi connectivity index (χ4n) is 3.61. The van der Waals surface area contributed by atoms with Crippen LogP contribution in [0, 0.1) is 0 Å². The van der Waals surface area contributed by atoms with Crippen molar-refractivity contribution in [3.63, 3.8) is 0 Å². The molecule has 7 nitrogen and oxygen atoms in total. The molecule has 0 saturated carbocycles. The first kappa shape index (κ1) is 20.0. The Morgan fingerprint density at radius 3 is 2.57 bits per heavy atom. The van der Waals surface area contributed by atoms with E-state index in [1.807, 2.05) is 0 Å². The Hall–Kier alpha value is -3.32. The third-order valence-corrected chi connectivity index (χ3v) is 5.41. The number of hydrogen-bond donors (Lipinski definition) is 1. The van der Waals surface area contributed by atoms with Crippen LogP contribution in [-0.4, -0.2) is 34.0 Å². The van der Waals surface area contributed by atoms with Crippen molar-refractivity contribution in [2.75, 3.05) is 6.79 Å². The van der Waals surface area contributed by atoms with E-state index in [-0.39, 0.29) is 36.8 Å². The molecule has 30 heavy (non-hydrogen) atoms.